The molecule has 0 aliphatic heterocycles. The van der Waals surface area contributed by atoms with Crippen molar-refractivity contribution in [2.45, 2.75) is 78.1 Å². The smallest absolute Gasteiger partial charge is 0.0357 e. The van der Waals surface area contributed by atoms with Gasteiger partial charge in [0.2, 0.25) is 0 Å². The van der Waals surface area contributed by atoms with Crippen LogP contribution in [0.3, 0.4) is 0 Å². The first kappa shape index (κ1) is 12.5. The highest BCUT2D eigenvalue weighted by atomic mass is 14.4. The van der Waals surface area contributed by atoms with E-state index in [0.29, 0.717) is 0 Å². The lowest BCUT2D eigenvalue weighted by atomic mass is 9.72. The molecule has 2 atom stereocenters. The summed E-state index contributed by atoms with van der Waals surface area (Å²) in [5.74, 6) is 4.42. The minimum atomic E-state index is 0.961. The van der Waals surface area contributed by atoms with Crippen molar-refractivity contribution in [3.8, 4) is 0 Å². The molecule has 0 bridgehead atoms. The van der Waals surface area contributed by atoms with Crippen LogP contribution in [0.25, 0.3) is 0 Å². The molecule has 2 unspecified atom stereocenters. The molecule has 2 rings (SSSR count). The zero-order chi connectivity index (χ0) is 11.4. The molecule has 0 radical (unpaired) electrons. The Hall–Kier alpha value is 0. The Morgan fingerprint density at radius 2 is 1.56 bits per heavy atom. The molecule has 94 valence electrons. The van der Waals surface area contributed by atoms with Crippen molar-refractivity contribution >= 4 is 0 Å². The largest absolute Gasteiger partial charge is 0.0651 e. The molecule has 0 heteroatoms. The Balaban J connectivity index is 1.59. The quantitative estimate of drug-likeness (QED) is 0.481. The summed E-state index contributed by atoms with van der Waals surface area (Å²) in [5, 5.41) is 0. The molecule has 2 saturated carbocycles. The van der Waals surface area contributed by atoms with E-state index in [1.54, 1.807) is 32.1 Å². The predicted octanol–water partition coefficient (Wildman–Crippen LogP) is 5.42. The van der Waals surface area contributed by atoms with Gasteiger partial charge in [0.25, 0.3) is 0 Å². The third-order valence-corrected chi connectivity index (χ3v) is 5.16. The Labute approximate surface area is 102 Å². The Kier molecular flexibility index (Phi) is 4.73. The minimum absolute atomic E-state index is 0.961. The van der Waals surface area contributed by atoms with Crippen LogP contribution in [0.5, 0.6) is 0 Å². The molecule has 2 aliphatic carbocycles. The van der Waals surface area contributed by atoms with E-state index in [9.17, 15) is 0 Å². The first-order chi connectivity index (χ1) is 7.81. The van der Waals surface area contributed by atoms with Crippen LogP contribution in [0.15, 0.2) is 0 Å². The van der Waals surface area contributed by atoms with Gasteiger partial charge in [-0.05, 0) is 42.9 Å². The van der Waals surface area contributed by atoms with Crippen LogP contribution in [0, 0.1) is 23.7 Å². The summed E-state index contributed by atoms with van der Waals surface area (Å²) < 4.78 is 0. The van der Waals surface area contributed by atoms with Gasteiger partial charge in [0.05, 0.1) is 0 Å². The molecule has 0 spiro atoms. The first-order valence-electron chi connectivity index (χ1n) is 7.81. The average Bonchev–Trinajstić information content (AvgIpc) is 3.02. The van der Waals surface area contributed by atoms with Gasteiger partial charge in [-0.3, -0.25) is 0 Å². The predicted molar refractivity (Wildman–Crippen MR) is 71.5 cm³/mol. The number of unbranched alkanes of at least 4 members (excludes halogenated alkanes) is 1. The molecule has 0 heterocycles. The highest BCUT2D eigenvalue weighted by Gasteiger charge is 2.37. The summed E-state index contributed by atoms with van der Waals surface area (Å²) in [7, 11) is 0. The topological polar surface area (TPSA) is 0 Å². The Bertz CT molecular complexity index is 188. The van der Waals surface area contributed by atoms with E-state index >= 15 is 0 Å². The summed E-state index contributed by atoms with van der Waals surface area (Å²) >= 11 is 0. The van der Waals surface area contributed by atoms with Gasteiger partial charge in [0.1, 0.15) is 0 Å². The normalized spacial score (nSPS) is 25.1. The molecule has 2 fully saturated rings. The van der Waals surface area contributed by atoms with E-state index in [0.717, 1.165) is 23.7 Å². The van der Waals surface area contributed by atoms with Gasteiger partial charge >= 0.3 is 0 Å². The second kappa shape index (κ2) is 6.07. The van der Waals surface area contributed by atoms with E-state index in [2.05, 4.69) is 13.8 Å². The molecule has 0 aromatic rings. The van der Waals surface area contributed by atoms with E-state index in [4.69, 9.17) is 0 Å². The van der Waals surface area contributed by atoms with Gasteiger partial charge in [0.15, 0.2) is 0 Å². The van der Waals surface area contributed by atoms with Crippen LogP contribution >= 0.6 is 0 Å². The van der Waals surface area contributed by atoms with Crippen LogP contribution in [-0.2, 0) is 0 Å². The molecular formula is C16H30. The van der Waals surface area contributed by atoms with Crippen molar-refractivity contribution < 1.29 is 0 Å². The zero-order valence-electron chi connectivity index (χ0n) is 11.4. The lowest BCUT2D eigenvalue weighted by Crippen LogP contribution is -2.23. The summed E-state index contributed by atoms with van der Waals surface area (Å²) in [6.45, 7) is 4.73. The minimum Gasteiger partial charge on any atom is -0.0651 e. The van der Waals surface area contributed by atoms with Crippen molar-refractivity contribution in [1.29, 1.82) is 0 Å². The first-order valence-corrected chi connectivity index (χ1v) is 7.81. The van der Waals surface area contributed by atoms with Gasteiger partial charge in [0, 0.05) is 0 Å². The van der Waals surface area contributed by atoms with Crippen molar-refractivity contribution in [3.63, 3.8) is 0 Å². The van der Waals surface area contributed by atoms with E-state index in [1.807, 2.05) is 0 Å². The molecule has 0 amide bonds. The third-order valence-electron chi connectivity index (χ3n) is 5.16. The van der Waals surface area contributed by atoms with Crippen LogP contribution in [-0.4, -0.2) is 0 Å². The van der Waals surface area contributed by atoms with Gasteiger partial charge in [-0.2, -0.15) is 0 Å². The number of hydrogen-bond acceptors (Lipinski definition) is 0. The summed E-state index contributed by atoms with van der Waals surface area (Å²) in [6, 6.07) is 0. The van der Waals surface area contributed by atoms with Crippen molar-refractivity contribution in [3.05, 3.63) is 0 Å². The molecule has 0 N–H and O–H groups in total. The molecular weight excluding hydrogens is 192 g/mol. The molecule has 0 aromatic heterocycles. The molecule has 2 aliphatic rings. The van der Waals surface area contributed by atoms with Crippen molar-refractivity contribution in [2.24, 2.45) is 23.7 Å². The maximum atomic E-state index is 2.41. The van der Waals surface area contributed by atoms with Crippen LogP contribution in [0.1, 0.15) is 78.1 Å². The van der Waals surface area contributed by atoms with Crippen molar-refractivity contribution in [1.82, 2.24) is 0 Å². The maximum absolute atomic E-state index is 2.41. The number of rotatable bonds is 8. The van der Waals surface area contributed by atoms with E-state index < -0.39 is 0 Å². The standard InChI is InChI=1S/C16H30/c1-3-13(2)7-4-5-10-16(15-11-12-15)14-8-6-9-14/h13-16H,3-12H2,1-2H3. The van der Waals surface area contributed by atoms with Gasteiger partial charge in [-0.15, -0.1) is 0 Å². The second-order valence-corrected chi connectivity index (χ2v) is 6.49. The molecule has 16 heavy (non-hydrogen) atoms. The van der Waals surface area contributed by atoms with Gasteiger partial charge < -0.3 is 0 Å². The monoisotopic (exact) mass is 222 g/mol. The summed E-state index contributed by atoms with van der Waals surface area (Å²) in [5.41, 5.74) is 0. The lowest BCUT2D eigenvalue weighted by Gasteiger charge is -2.34. The summed E-state index contributed by atoms with van der Waals surface area (Å²) in [6.07, 6.45) is 15.2. The van der Waals surface area contributed by atoms with Crippen LogP contribution < -0.4 is 0 Å². The zero-order valence-corrected chi connectivity index (χ0v) is 11.4. The second-order valence-electron chi connectivity index (χ2n) is 6.49. The third kappa shape index (κ3) is 3.50. The molecule has 0 aromatic carbocycles. The van der Waals surface area contributed by atoms with Crippen LogP contribution in [0.4, 0.5) is 0 Å². The summed E-state index contributed by atoms with van der Waals surface area (Å²) in [4.78, 5) is 0. The SMILES string of the molecule is CCC(C)CCCCC(C1CCC1)C1CC1. The van der Waals surface area contributed by atoms with E-state index in [-0.39, 0.29) is 0 Å². The Morgan fingerprint density at radius 3 is 2.06 bits per heavy atom. The molecule has 0 nitrogen and oxygen atoms in total. The highest BCUT2D eigenvalue weighted by molar-refractivity contribution is 4.88. The lowest BCUT2D eigenvalue weighted by molar-refractivity contribution is 0.170. The maximum Gasteiger partial charge on any atom is -0.0357 e. The fourth-order valence-electron chi connectivity index (χ4n) is 3.33. The average molecular weight is 222 g/mol. The highest BCUT2D eigenvalue weighted by Crippen LogP contribution is 2.49. The Morgan fingerprint density at radius 1 is 0.938 bits per heavy atom. The van der Waals surface area contributed by atoms with Gasteiger partial charge in [-0.25, -0.2) is 0 Å². The fourth-order valence-corrected chi connectivity index (χ4v) is 3.33. The van der Waals surface area contributed by atoms with E-state index in [1.165, 1.54) is 32.1 Å². The van der Waals surface area contributed by atoms with Crippen molar-refractivity contribution in [2.75, 3.05) is 0 Å². The van der Waals surface area contributed by atoms with Crippen LogP contribution in [0.2, 0.25) is 0 Å². The fraction of sp³-hybridized carbons (Fsp3) is 1.00. The number of hydrogen-bond donors (Lipinski definition) is 0. The molecule has 0 saturated heterocycles. The van der Waals surface area contributed by atoms with Gasteiger partial charge in [-0.1, -0.05) is 58.8 Å².